The lowest BCUT2D eigenvalue weighted by molar-refractivity contribution is 0.111. The third kappa shape index (κ3) is 1.31. The Morgan fingerprint density at radius 1 is 1.46 bits per heavy atom. The molecule has 0 aliphatic heterocycles. The molecule has 0 radical (unpaired) electrons. The molecule has 2 rings (SSSR count). The SMILES string of the molecule is O=Cc1c(F)cc2c(c1Br)CCC2. The lowest BCUT2D eigenvalue weighted by atomic mass is 10.1. The third-order valence-corrected chi connectivity index (χ3v) is 3.34. The first-order valence-electron chi connectivity index (χ1n) is 4.19. The molecule has 0 fully saturated rings. The molecule has 1 aromatic rings. The summed E-state index contributed by atoms with van der Waals surface area (Å²) >= 11 is 3.27. The van der Waals surface area contributed by atoms with Crippen LogP contribution in [0.3, 0.4) is 0 Å². The Balaban J connectivity index is 2.69. The average Bonchev–Trinajstić information content (AvgIpc) is 2.53. The van der Waals surface area contributed by atoms with E-state index in [1.807, 2.05) is 0 Å². The maximum absolute atomic E-state index is 13.2. The predicted octanol–water partition coefficient (Wildman–Crippen LogP) is 2.89. The van der Waals surface area contributed by atoms with E-state index in [2.05, 4.69) is 15.9 Å². The van der Waals surface area contributed by atoms with Gasteiger partial charge in [-0.25, -0.2) is 4.39 Å². The molecule has 0 amide bonds. The summed E-state index contributed by atoms with van der Waals surface area (Å²) < 4.78 is 13.9. The Morgan fingerprint density at radius 3 is 2.92 bits per heavy atom. The van der Waals surface area contributed by atoms with Crippen LogP contribution in [0, 0.1) is 5.82 Å². The second-order valence-corrected chi connectivity index (χ2v) is 3.99. The number of fused-ring (bicyclic) bond motifs is 1. The minimum atomic E-state index is -0.414. The van der Waals surface area contributed by atoms with E-state index in [4.69, 9.17) is 0 Å². The van der Waals surface area contributed by atoms with Gasteiger partial charge < -0.3 is 0 Å². The van der Waals surface area contributed by atoms with Crippen molar-refractivity contribution in [3.05, 3.63) is 33.0 Å². The van der Waals surface area contributed by atoms with Crippen molar-refractivity contribution in [2.75, 3.05) is 0 Å². The molecule has 0 unspecified atom stereocenters. The van der Waals surface area contributed by atoms with Crippen LogP contribution >= 0.6 is 15.9 Å². The van der Waals surface area contributed by atoms with Crippen LogP contribution in [-0.4, -0.2) is 6.29 Å². The quantitative estimate of drug-likeness (QED) is 0.693. The van der Waals surface area contributed by atoms with Crippen LogP contribution in [0.2, 0.25) is 0 Å². The molecule has 68 valence electrons. The fourth-order valence-corrected chi connectivity index (χ4v) is 2.52. The number of hydrogen-bond acceptors (Lipinski definition) is 1. The van der Waals surface area contributed by atoms with Crippen molar-refractivity contribution < 1.29 is 9.18 Å². The zero-order chi connectivity index (χ0) is 9.42. The Hall–Kier alpha value is -0.700. The van der Waals surface area contributed by atoms with Gasteiger partial charge in [0.25, 0.3) is 0 Å². The molecule has 1 aliphatic carbocycles. The van der Waals surface area contributed by atoms with Crippen LogP contribution < -0.4 is 0 Å². The normalized spacial score (nSPS) is 14.3. The lowest BCUT2D eigenvalue weighted by Gasteiger charge is -2.05. The van der Waals surface area contributed by atoms with E-state index in [1.165, 1.54) is 6.07 Å². The summed E-state index contributed by atoms with van der Waals surface area (Å²) in [6, 6.07) is 1.48. The number of aryl methyl sites for hydroxylation is 1. The molecule has 0 aromatic heterocycles. The summed E-state index contributed by atoms with van der Waals surface area (Å²) in [5.41, 5.74) is 2.29. The van der Waals surface area contributed by atoms with Gasteiger partial charge in [-0.1, -0.05) is 0 Å². The largest absolute Gasteiger partial charge is 0.298 e. The number of carbonyl (C=O) groups is 1. The zero-order valence-electron chi connectivity index (χ0n) is 6.94. The first-order chi connectivity index (χ1) is 6.24. The highest BCUT2D eigenvalue weighted by Crippen LogP contribution is 2.32. The van der Waals surface area contributed by atoms with Crippen LogP contribution in [0.1, 0.15) is 27.9 Å². The van der Waals surface area contributed by atoms with Gasteiger partial charge in [-0.3, -0.25) is 4.79 Å². The molecule has 0 heterocycles. The fraction of sp³-hybridized carbons (Fsp3) is 0.300. The predicted molar refractivity (Wildman–Crippen MR) is 51.5 cm³/mol. The van der Waals surface area contributed by atoms with Crippen LogP contribution in [0.5, 0.6) is 0 Å². The highest BCUT2D eigenvalue weighted by atomic mass is 79.9. The molecule has 1 aromatic carbocycles. The molecule has 3 heteroatoms. The van der Waals surface area contributed by atoms with E-state index in [1.54, 1.807) is 0 Å². The molecule has 1 aliphatic rings. The van der Waals surface area contributed by atoms with Crippen molar-refractivity contribution in [1.82, 2.24) is 0 Å². The van der Waals surface area contributed by atoms with Gasteiger partial charge >= 0.3 is 0 Å². The van der Waals surface area contributed by atoms with Crippen LogP contribution in [0.4, 0.5) is 4.39 Å². The van der Waals surface area contributed by atoms with Crippen LogP contribution in [0.25, 0.3) is 0 Å². The Morgan fingerprint density at radius 2 is 2.23 bits per heavy atom. The van der Waals surface area contributed by atoms with Crippen molar-refractivity contribution in [2.45, 2.75) is 19.3 Å². The topological polar surface area (TPSA) is 17.1 Å². The molecule has 0 bridgehead atoms. The van der Waals surface area contributed by atoms with E-state index in [0.29, 0.717) is 10.8 Å². The van der Waals surface area contributed by atoms with Crippen molar-refractivity contribution in [1.29, 1.82) is 0 Å². The third-order valence-electron chi connectivity index (χ3n) is 2.44. The summed E-state index contributed by atoms with van der Waals surface area (Å²) in [6.07, 6.45) is 3.48. The number of carbonyl (C=O) groups excluding carboxylic acids is 1. The number of halogens is 2. The Labute approximate surface area is 84.1 Å². The molecule has 13 heavy (non-hydrogen) atoms. The summed E-state index contributed by atoms with van der Waals surface area (Å²) in [7, 11) is 0. The van der Waals surface area contributed by atoms with E-state index in [-0.39, 0.29) is 5.56 Å². The average molecular weight is 243 g/mol. The smallest absolute Gasteiger partial charge is 0.154 e. The molecular weight excluding hydrogens is 235 g/mol. The van der Waals surface area contributed by atoms with Gasteiger partial charge in [0.1, 0.15) is 5.82 Å². The molecule has 0 spiro atoms. The van der Waals surface area contributed by atoms with Crippen molar-refractivity contribution in [2.24, 2.45) is 0 Å². The summed E-state index contributed by atoms with van der Waals surface area (Å²) in [6.45, 7) is 0. The van der Waals surface area contributed by atoms with Gasteiger partial charge in [0.05, 0.1) is 5.56 Å². The zero-order valence-corrected chi connectivity index (χ0v) is 8.53. The Bertz CT molecular complexity index is 374. The summed E-state index contributed by atoms with van der Waals surface area (Å²) in [4.78, 5) is 10.6. The van der Waals surface area contributed by atoms with Gasteiger partial charge in [0, 0.05) is 4.47 Å². The second-order valence-electron chi connectivity index (χ2n) is 3.20. The minimum absolute atomic E-state index is 0.153. The summed E-state index contributed by atoms with van der Waals surface area (Å²) in [5.74, 6) is -0.414. The van der Waals surface area contributed by atoms with Gasteiger partial charge in [-0.05, 0) is 52.4 Å². The number of rotatable bonds is 1. The first-order valence-corrected chi connectivity index (χ1v) is 4.98. The van der Waals surface area contributed by atoms with Crippen LogP contribution in [-0.2, 0) is 12.8 Å². The van der Waals surface area contributed by atoms with Gasteiger partial charge in [0.2, 0.25) is 0 Å². The molecule has 1 nitrogen and oxygen atoms in total. The molecular formula is C10H8BrFO. The van der Waals surface area contributed by atoms with E-state index in [0.717, 1.165) is 30.4 Å². The molecule has 0 saturated heterocycles. The maximum Gasteiger partial charge on any atom is 0.154 e. The highest BCUT2D eigenvalue weighted by Gasteiger charge is 2.19. The van der Waals surface area contributed by atoms with E-state index in [9.17, 15) is 9.18 Å². The fourth-order valence-electron chi connectivity index (χ4n) is 1.78. The van der Waals surface area contributed by atoms with Gasteiger partial charge in [-0.15, -0.1) is 0 Å². The van der Waals surface area contributed by atoms with E-state index >= 15 is 0 Å². The van der Waals surface area contributed by atoms with Crippen LogP contribution in [0.15, 0.2) is 10.5 Å². The second kappa shape index (κ2) is 3.22. The van der Waals surface area contributed by atoms with Gasteiger partial charge in [0.15, 0.2) is 6.29 Å². The van der Waals surface area contributed by atoms with Crippen molar-refractivity contribution in [3.8, 4) is 0 Å². The van der Waals surface area contributed by atoms with Crippen molar-refractivity contribution in [3.63, 3.8) is 0 Å². The number of benzene rings is 1. The first kappa shape index (κ1) is 8.88. The van der Waals surface area contributed by atoms with Gasteiger partial charge in [-0.2, -0.15) is 0 Å². The minimum Gasteiger partial charge on any atom is -0.298 e. The standard InChI is InChI=1S/C10H8BrFO/c11-10-7-3-1-2-6(7)4-9(12)8(10)5-13/h4-5H,1-3H2. The van der Waals surface area contributed by atoms with Crippen molar-refractivity contribution >= 4 is 22.2 Å². The highest BCUT2D eigenvalue weighted by molar-refractivity contribution is 9.10. The molecule has 0 N–H and O–H groups in total. The lowest BCUT2D eigenvalue weighted by Crippen LogP contribution is -1.95. The summed E-state index contributed by atoms with van der Waals surface area (Å²) in [5, 5.41) is 0. The number of hydrogen-bond donors (Lipinski definition) is 0. The maximum atomic E-state index is 13.2. The monoisotopic (exact) mass is 242 g/mol. The Kier molecular flexibility index (Phi) is 2.20. The molecule has 0 saturated carbocycles. The number of aldehydes is 1. The van der Waals surface area contributed by atoms with E-state index < -0.39 is 5.82 Å². The molecule has 0 atom stereocenters.